The highest BCUT2D eigenvalue weighted by Crippen LogP contribution is 2.18. The summed E-state index contributed by atoms with van der Waals surface area (Å²) in [5.41, 5.74) is -0.667. The van der Waals surface area contributed by atoms with Crippen molar-refractivity contribution >= 4 is 55.8 Å². The van der Waals surface area contributed by atoms with Crippen molar-refractivity contribution in [2.75, 3.05) is 19.8 Å². The molecular formula is C15H26O9S3. The first-order chi connectivity index (χ1) is 12.6. The van der Waals surface area contributed by atoms with Crippen molar-refractivity contribution in [2.24, 2.45) is 5.41 Å². The molecule has 0 rings (SSSR count). The van der Waals surface area contributed by atoms with Crippen LogP contribution < -0.4 is 0 Å². The molecule has 9 nitrogen and oxygen atoms in total. The number of aliphatic carboxylic acids is 3. The highest BCUT2D eigenvalue weighted by Gasteiger charge is 2.24. The van der Waals surface area contributed by atoms with Crippen molar-refractivity contribution in [3.05, 3.63) is 34.5 Å². The lowest BCUT2D eigenvalue weighted by Gasteiger charge is -2.24. The van der Waals surface area contributed by atoms with E-state index in [1.807, 2.05) is 6.92 Å². The average Bonchev–Trinajstić information content (AvgIpc) is 2.59. The van der Waals surface area contributed by atoms with Gasteiger partial charge in [0, 0.05) is 23.6 Å². The first-order valence-corrected chi connectivity index (χ1v) is 8.54. The number of hydrogen-bond donors (Lipinski definition) is 9. The summed E-state index contributed by atoms with van der Waals surface area (Å²) in [7, 11) is 0. The molecule has 0 aromatic heterocycles. The number of thiol groups is 3. The molecule has 0 amide bonds. The molecule has 0 aromatic rings. The monoisotopic (exact) mass is 446 g/mol. The predicted octanol–water partition coefficient (Wildman–Crippen LogP) is 0.903. The van der Waals surface area contributed by atoms with Crippen LogP contribution in [0.4, 0.5) is 0 Å². The van der Waals surface area contributed by atoms with Crippen LogP contribution in [0.1, 0.15) is 13.3 Å². The van der Waals surface area contributed by atoms with E-state index in [1.165, 1.54) is 16.2 Å². The Morgan fingerprint density at radius 2 is 0.926 bits per heavy atom. The minimum atomic E-state index is -0.968. The van der Waals surface area contributed by atoms with Crippen molar-refractivity contribution in [3.63, 3.8) is 0 Å². The van der Waals surface area contributed by atoms with E-state index in [-0.39, 0.29) is 19.8 Å². The van der Waals surface area contributed by atoms with Gasteiger partial charge < -0.3 is 30.6 Å². The van der Waals surface area contributed by atoms with E-state index < -0.39 is 23.3 Å². The van der Waals surface area contributed by atoms with Gasteiger partial charge in [-0.2, -0.15) is 37.9 Å². The molecule has 0 aliphatic carbocycles. The lowest BCUT2D eigenvalue weighted by atomic mass is 9.88. The molecule has 0 heterocycles. The molecule has 0 aliphatic rings. The van der Waals surface area contributed by atoms with E-state index in [0.717, 1.165) is 18.2 Å². The largest absolute Gasteiger partial charge is 0.478 e. The van der Waals surface area contributed by atoms with Crippen LogP contribution in [-0.4, -0.2) is 68.4 Å². The summed E-state index contributed by atoms with van der Waals surface area (Å²) in [5.74, 6) is -2.90. The van der Waals surface area contributed by atoms with Gasteiger partial charge in [-0.3, -0.25) is 0 Å². The summed E-state index contributed by atoms with van der Waals surface area (Å²) in [6, 6.07) is 0. The lowest BCUT2D eigenvalue weighted by Crippen LogP contribution is -2.32. The number of carboxylic acid groups (broad SMARTS) is 3. The molecule has 6 N–H and O–H groups in total. The van der Waals surface area contributed by atoms with Gasteiger partial charge in [-0.25, -0.2) is 14.4 Å². The zero-order valence-corrected chi connectivity index (χ0v) is 17.2. The summed E-state index contributed by atoms with van der Waals surface area (Å²) in [6.07, 6.45) is 3.44. The Morgan fingerprint density at radius 3 is 0.926 bits per heavy atom. The maximum Gasteiger partial charge on any atom is 0.328 e. The number of aliphatic hydroxyl groups excluding tert-OH is 3. The van der Waals surface area contributed by atoms with Gasteiger partial charge in [-0.1, -0.05) is 6.92 Å². The van der Waals surface area contributed by atoms with Gasteiger partial charge in [-0.05, 0) is 22.6 Å². The van der Waals surface area contributed by atoms with Crippen molar-refractivity contribution in [2.45, 2.75) is 13.3 Å². The van der Waals surface area contributed by atoms with E-state index in [9.17, 15) is 14.4 Å². The number of aliphatic hydroxyl groups is 3. The third-order valence-electron chi connectivity index (χ3n) is 2.41. The Balaban J connectivity index is -0.000000133. The number of carboxylic acids is 3. The number of hydrogen-bond acceptors (Lipinski definition) is 9. The fourth-order valence-electron chi connectivity index (χ4n) is 0.677. The van der Waals surface area contributed by atoms with Gasteiger partial charge in [0.2, 0.25) is 0 Å². The van der Waals surface area contributed by atoms with Crippen LogP contribution in [0.3, 0.4) is 0 Å². The minimum Gasteiger partial charge on any atom is -0.478 e. The molecule has 0 saturated carbocycles. The molecule has 0 unspecified atom stereocenters. The molecule has 0 aromatic carbocycles. The Bertz CT molecular complexity index is 403. The second-order valence-corrected chi connectivity index (χ2v) is 5.18. The Morgan fingerprint density at radius 1 is 0.704 bits per heavy atom. The number of carbonyl (C=O) groups is 3. The van der Waals surface area contributed by atoms with E-state index in [0.29, 0.717) is 6.42 Å². The zero-order valence-electron chi connectivity index (χ0n) is 14.5. The van der Waals surface area contributed by atoms with Crippen LogP contribution in [0.5, 0.6) is 0 Å². The van der Waals surface area contributed by atoms with Crippen molar-refractivity contribution in [1.29, 1.82) is 0 Å². The van der Waals surface area contributed by atoms with E-state index in [2.05, 4.69) is 37.9 Å². The van der Waals surface area contributed by atoms with Crippen molar-refractivity contribution in [1.82, 2.24) is 0 Å². The number of rotatable bonds is 7. The molecular weight excluding hydrogens is 420 g/mol. The fraction of sp³-hybridized carbons (Fsp3) is 0.400. The van der Waals surface area contributed by atoms with Gasteiger partial charge in [-0.15, -0.1) is 0 Å². The molecule has 0 aliphatic heterocycles. The van der Waals surface area contributed by atoms with Crippen LogP contribution in [-0.2, 0) is 14.4 Å². The topological polar surface area (TPSA) is 173 Å². The molecule has 0 saturated heterocycles. The van der Waals surface area contributed by atoms with E-state index in [4.69, 9.17) is 30.6 Å². The summed E-state index contributed by atoms with van der Waals surface area (Å²) in [4.78, 5) is 28.4. The second kappa shape index (κ2) is 24.6. The van der Waals surface area contributed by atoms with Gasteiger partial charge in [0.05, 0.1) is 19.8 Å². The Kier molecular flexibility index (Phi) is 30.2. The van der Waals surface area contributed by atoms with Gasteiger partial charge in [0.1, 0.15) is 0 Å². The fourth-order valence-corrected chi connectivity index (χ4v) is 1.06. The first-order valence-electron chi connectivity index (χ1n) is 6.99. The predicted molar refractivity (Wildman–Crippen MR) is 111 cm³/mol. The van der Waals surface area contributed by atoms with Crippen LogP contribution in [0, 0.1) is 5.41 Å². The molecule has 0 radical (unpaired) electrons. The standard InChI is InChI=1S/C6H14O3.3C3H4O2S/c1-2-6(3-7,4-8)5-9;3*4-3(5)1-2-6/h7-9H,2-5H2,1H3;3*1-2,6H,(H,4,5). The van der Waals surface area contributed by atoms with Crippen LogP contribution in [0.25, 0.3) is 0 Å². The molecule has 158 valence electrons. The van der Waals surface area contributed by atoms with Gasteiger partial charge in [0.15, 0.2) is 0 Å². The summed E-state index contributed by atoms with van der Waals surface area (Å²) in [6.45, 7) is 1.35. The van der Waals surface area contributed by atoms with Crippen LogP contribution in [0.15, 0.2) is 34.5 Å². The molecule has 12 heteroatoms. The lowest BCUT2D eigenvalue weighted by molar-refractivity contribution is -0.132. The Hall–Kier alpha value is -1.44. The quantitative estimate of drug-likeness (QED) is 0.203. The van der Waals surface area contributed by atoms with Crippen LogP contribution >= 0.6 is 37.9 Å². The Labute approximate surface area is 174 Å². The van der Waals surface area contributed by atoms with Gasteiger partial charge >= 0.3 is 17.9 Å². The highest BCUT2D eigenvalue weighted by molar-refractivity contribution is 7.83. The maximum absolute atomic E-state index is 9.46. The first kappa shape index (κ1) is 33.2. The third-order valence-corrected chi connectivity index (χ3v) is 2.85. The molecule has 0 atom stereocenters. The SMILES string of the molecule is CCC(CO)(CO)CO.O=C(O)C=CS.O=C(O)C=CS.O=C(O)C=CS. The molecule has 27 heavy (non-hydrogen) atoms. The minimum absolute atomic E-state index is 0.156. The molecule has 0 fully saturated rings. The molecule has 0 bridgehead atoms. The average molecular weight is 447 g/mol. The summed E-state index contributed by atoms with van der Waals surface area (Å²) >= 11 is 10.5. The smallest absolute Gasteiger partial charge is 0.328 e. The van der Waals surface area contributed by atoms with Gasteiger partial charge in [0.25, 0.3) is 0 Å². The highest BCUT2D eigenvalue weighted by atomic mass is 32.1. The summed E-state index contributed by atoms with van der Waals surface area (Å²) in [5, 5.41) is 52.8. The second-order valence-electron chi connectivity index (χ2n) is 4.29. The molecule has 0 spiro atoms. The summed E-state index contributed by atoms with van der Waals surface area (Å²) < 4.78 is 0. The van der Waals surface area contributed by atoms with E-state index in [1.54, 1.807) is 0 Å². The zero-order chi connectivity index (χ0) is 22.3. The maximum atomic E-state index is 9.46. The third kappa shape index (κ3) is 32.7. The van der Waals surface area contributed by atoms with Crippen molar-refractivity contribution < 1.29 is 45.0 Å². The van der Waals surface area contributed by atoms with Crippen LogP contribution in [0.2, 0.25) is 0 Å². The van der Waals surface area contributed by atoms with Crippen molar-refractivity contribution in [3.8, 4) is 0 Å². The van der Waals surface area contributed by atoms with E-state index >= 15 is 0 Å². The normalized spacial score (nSPS) is 10.3.